The number of ketones is 1. The minimum Gasteiger partial charge on any atom is -0.294 e. The quantitative estimate of drug-likeness (QED) is 0.689. The molecule has 0 heterocycles. The Bertz CT molecular complexity index is 382. The molecule has 0 saturated carbocycles. The lowest BCUT2D eigenvalue weighted by Gasteiger charge is -2.17. The molecule has 2 heteroatoms. The second-order valence-electron chi connectivity index (χ2n) is 3.46. The van der Waals surface area contributed by atoms with Crippen LogP contribution in [0.25, 0.3) is 0 Å². The molecule has 0 fully saturated rings. The molecule has 0 amide bonds. The molecule has 0 spiro atoms. The standard InChI is InChI=1S/C12H11ClO/c13-11-7-3-1-5-9(11)10-6-2-4-8-12(10)14/h1,3-5,7-8,10H,2,6H2/t10-/m0/s1. The average molecular weight is 207 g/mol. The molecule has 1 aliphatic carbocycles. The maximum absolute atomic E-state index is 11.6. The lowest BCUT2D eigenvalue weighted by Crippen LogP contribution is -2.13. The first kappa shape index (κ1) is 9.47. The van der Waals surface area contributed by atoms with Gasteiger partial charge >= 0.3 is 0 Å². The van der Waals surface area contributed by atoms with Crippen LogP contribution in [0.1, 0.15) is 24.3 Å². The van der Waals surface area contributed by atoms with Crippen LogP contribution in [0.15, 0.2) is 36.4 Å². The van der Waals surface area contributed by atoms with Gasteiger partial charge in [0, 0.05) is 10.9 Å². The normalized spacial score (nSPS) is 21.2. The molecule has 14 heavy (non-hydrogen) atoms. The summed E-state index contributed by atoms with van der Waals surface area (Å²) in [6, 6.07) is 7.58. The van der Waals surface area contributed by atoms with E-state index in [1.165, 1.54) is 0 Å². The van der Waals surface area contributed by atoms with E-state index >= 15 is 0 Å². The second kappa shape index (κ2) is 3.97. The summed E-state index contributed by atoms with van der Waals surface area (Å²) in [5.41, 5.74) is 0.962. The Morgan fingerprint density at radius 1 is 1.29 bits per heavy atom. The van der Waals surface area contributed by atoms with Crippen LogP contribution >= 0.6 is 11.6 Å². The van der Waals surface area contributed by atoms with Gasteiger partial charge in [-0.15, -0.1) is 0 Å². The van der Waals surface area contributed by atoms with Crippen LogP contribution in [-0.4, -0.2) is 5.78 Å². The second-order valence-corrected chi connectivity index (χ2v) is 3.86. The molecule has 1 aliphatic rings. The first-order valence-electron chi connectivity index (χ1n) is 4.74. The van der Waals surface area contributed by atoms with Gasteiger partial charge in [0.1, 0.15) is 0 Å². The van der Waals surface area contributed by atoms with E-state index in [9.17, 15) is 4.79 Å². The molecule has 0 unspecified atom stereocenters. The van der Waals surface area contributed by atoms with Crippen molar-refractivity contribution < 1.29 is 4.79 Å². The first-order chi connectivity index (χ1) is 6.79. The number of hydrogen-bond donors (Lipinski definition) is 0. The highest BCUT2D eigenvalue weighted by Gasteiger charge is 2.22. The Morgan fingerprint density at radius 3 is 2.79 bits per heavy atom. The Kier molecular flexibility index (Phi) is 2.69. The van der Waals surface area contributed by atoms with Crippen LogP contribution in [0, 0.1) is 0 Å². The van der Waals surface area contributed by atoms with Crippen molar-refractivity contribution in [1.29, 1.82) is 0 Å². The number of carbonyl (C=O) groups is 1. The van der Waals surface area contributed by atoms with E-state index < -0.39 is 0 Å². The predicted molar refractivity (Wildman–Crippen MR) is 57.6 cm³/mol. The smallest absolute Gasteiger partial charge is 0.162 e. The number of benzene rings is 1. The van der Waals surface area contributed by atoms with Gasteiger partial charge in [0.2, 0.25) is 0 Å². The summed E-state index contributed by atoms with van der Waals surface area (Å²) in [7, 11) is 0. The summed E-state index contributed by atoms with van der Waals surface area (Å²) in [6.07, 6.45) is 5.42. The molecule has 0 saturated heterocycles. The molecule has 1 atom stereocenters. The fraction of sp³-hybridized carbons (Fsp3) is 0.250. The van der Waals surface area contributed by atoms with Gasteiger partial charge in [-0.1, -0.05) is 35.9 Å². The van der Waals surface area contributed by atoms with Gasteiger partial charge in [0.25, 0.3) is 0 Å². The van der Waals surface area contributed by atoms with Crippen molar-refractivity contribution in [2.24, 2.45) is 0 Å². The van der Waals surface area contributed by atoms with Crippen LogP contribution < -0.4 is 0 Å². The van der Waals surface area contributed by atoms with Gasteiger partial charge in [0.15, 0.2) is 5.78 Å². The SMILES string of the molecule is O=C1C=CCC[C@H]1c1ccccc1Cl. The van der Waals surface area contributed by atoms with E-state index in [1.807, 2.05) is 30.3 Å². The first-order valence-corrected chi connectivity index (χ1v) is 5.11. The Hall–Kier alpha value is -1.08. The maximum atomic E-state index is 11.6. The summed E-state index contributed by atoms with van der Waals surface area (Å²) >= 11 is 6.05. The molecule has 0 aromatic heterocycles. The van der Waals surface area contributed by atoms with E-state index in [1.54, 1.807) is 6.08 Å². The highest BCUT2D eigenvalue weighted by atomic mass is 35.5. The van der Waals surface area contributed by atoms with Gasteiger partial charge in [-0.05, 0) is 30.5 Å². The summed E-state index contributed by atoms with van der Waals surface area (Å²) < 4.78 is 0. The molecular formula is C12H11ClO. The third kappa shape index (κ3) is 1.73. The van der Waals surface area contributed by atoms with Crippen molar-refractivity contribution in [1.82, 2.24) is 0 Å². The minimum absolute atomic E-state index is 0.0336. The third-order valence-electron chi connectivity index (χ3n) is 2.53. The summed E-state index contributed by atoms with van der Waals surface area (Å²) in [5.74, 6) is 0.137. The van der Waals surface area contributed by atoms with Crippen molar-refractivity contribution in [2.75, 3.05) is 0 Å². The summed E-state index contributed by atoms with van der Waals surface area (Å²) in [5, 5.41) is 0.696. The summed E-state index contributed by atoms with van der Waals surface area (Å²) in [4.78, 5) is 11.6. The van der Waals surface area contributed by atoms with E-state index in [0.29, 0.717) is 5.02 Å². The molecule has 72 valence electrons. The lowest BCUT2D eigenvalue weighted by molar-refractivity contribution is -0.116. The Balaban J connectivity index is 2.35. The van der Waals surface area contributed by atoms with Crippen molar-refractivity contribution in [2.45, 2.75) is 18.8 Å². The van der Waals surface area contributed by atoms with Crippen LogP contribution in [0.3, 0.4) is 0 Å². The molecule has 0 radical (unpaired) electrons. The van der Waals surface area contributed by atoms with Gasteiger partial charge in [-0.3, -0.25) is 4.79 Å². The topological polar surface area (TPSA) is 17.1 Å². The number of halogens is 1. The average Bonchev–Trinajstić information content (AvgIpc) is 2.20. The fourth-order valence-corrected chi connectivity index (χ4v) is 2.05. The Labute approximate surface area is 88.4 Å². The number of rotatable bonds is 1. The zero-order valence-corrected chi connectivity index (χ0v) is 8.50. The highest BCUT2D eigenvalue weighted by molar-refractivity contribution is 6.31. The molecule has 1 aromatic rings. The van der Waals surface area contributed by atoms with Crippen molar-refractivity contribution in [3.8, 4) is 0 Å². The van der Waals surface area contributed by atoms with Crippen LogP contribution in [-0.2, 0) is 4.79 Å². The molecule has 1 nitrogen and oxygen atoms in total. The lowest BCUT2D eigenvalue weighted by atomic mass is 9.87. The van der Waals surface area contributed by atoms with E-state index in [2.05, 4.69) is 0 Å². The maximum Gasteiger partial charge on any atom is 0.162 e. The van der Waals surface area contributed by atoms with Crippen molar-refractivity contribution in [3.63, 3.8) is 0 Å². The van der Waals surface area contributed by atoms with Crippen molar-refractivity contribution >= 4 is 17.4 Å². The largest absolute Gasteiger partial charge is 0.294 e. The van der Waals surface area contributed by atoms with E-state index in [0.717, 1.165) is 18.4 Å². The van der Waals surface area contributed by atoms with Crippen molar-refractivity contribution in [3.05, 3.63) is 47.0 Å². The molecule has 0 aliphatic heterocycles. The monoisotopic (exact) mass is 206 g/mol. The zero-order valence-electron chi connectivity index (χ0n) is 7.74. The molecule has 1 aromatic carbocycles. The molecule has 2 rings (SSSR count). The van der Waals surface area contributed by atoms with Gasteiger partial charge in [-0.2, -0.15) is 0 Å². The van der Waals surface area contributed by atoms with Crippen LogP contribution in [0.2, 0.25) is 5.02 Å². The molecule has 0 N–H and O–H groups in total. The Morgan fingerprint density at radius 2 is 2.07 bits per heavy atom. The fourth-order valence-electron chi connectivity index (χ4n) is 1.79. The number of allylic oxidation sites excluding steroid dienone is 2. The van der Waals surface area contributed by atoms with Gasteiger partial charge in [-0.25, -0.2) is 0 Å². The van der Waals surface area contributed by atoms with Gasteiger partial charge in [0.05, 0.1) is 0 Å². The number of carbonyl (C=O) groups excluding carboxylic acids is 1. The predicted octanol–water partition coefficient (Wildman–Crippen LogP) is 3.34. The minimum atomic E-state index is -0.0336. The number of hydrogen-bond acceptors (Lipinski definition) is 1. The van der Waals surface area contributed by atoms with E-state index in [4.69, 9.17) is 11.6 Å². The van der Waals surface area contributed by atoms with Crippen LogP contribution in [0.5, 0.6) is 0 Å². The highest BCUT2D eigenvalue weighted by Crippen LogP contribution is 2.31. The molecular weight excluding hydrogens is 196 g/mol. The summed E-state index contributed by atoms with van der Waals surface area (Å²) in [6.45, 7) is 0. The zero-order chi connectivity index (χ0) is 9.97. The molecule has 0 bridgehead atoms. The van der Waals surface area contributed by atoms with Gasteiger partial charge < -0.3 is 0 Å². The van der Waals surface area contributed by atoms with E-state index in [-0.39, 0.29) is 11.7 Å². The third-order valence-corrected chi connectivity index (χ3v) is 2.87. The van der Waals surface area contributed by atoms with Crippen LogP contribution in [0.4, 0.5) is 0 Å².